The maximum Gasteiger partial charge on any atom is 0.313 e. The Balaban J connectivity index is 3.24. The lowest BCUT2D eigenvalue weighted by atomic mass is 10.2. The second kappa shape index (κ2) is 4.81. The van der Waals surface area contributed by atoms with Gasteiger partial charge < -0.3 is 10.1 Å². The van der Waals surface area contributed by atoms with Crippen molar-refractivity contribution in [1.29, 1.82) is 5.26 Å². The molecule has 0 saturated carbocycles. The van der Waals surface area contributed by atoms with Crippen molar-refractivity contribution in [2.45, 2.75) is 11.9 Å². The van der Waals surface area contributed by atoms with Crippen LogP contribution >= 0.6 is 11.8 Å². The molecule has 16 heavy (non-hydrogen) atoms. The number of carboxylic acid groups (broad SMARTS) is 1. The van der Waals surface area contributed by atoms with Gasteiger partial charge in [-0.1, -0.05) is 11.8 Å². The number of H-pyrrole nitrogens is 1. The summed E-state index contributed by atoms with van der Waals surface area (Å²) in [6.07, 6.45) is 0. The standard InChI is InChI=1S/C9H7FN2O3S/c1-4-5(2-11)9(16-3-6(13)14)12-8(15)7(4)10/h3H2,1H3,(H,12,15)(H,13,14). The third-order valence-electron chi connectivity index (χ3n) is 1.81. The van der Waals surface area contributed by atoms with Gasteiger partial charge in [-0.15, -0.1) is 0 Å². The molecular formula is C9H7FN2O3S. The number of hydrogen-bond donors (Lipinski definition) is 2. The molecule has 1 heterocycles. The average Bonchev–Trinajstić information content (AvgIpc) is 2.23. The molecule has 0 fully saturated rings. The Labute approximate surface area is 93.9 Å². The lowest BCUT2D eigenvalue weighted by Gasteiger charge is -2.05. The number of nitriles is 1. The van der Waals surface area contributed by atoms with Crippen molar-refractivity contribution in [2.75, 3.05) is 5.75 Å². The van der Waals surface area contributed by atoms with Crippen molar-refractivity contribution in [2.24, 2.45) is 0 Å². The molecule has 7 heteroatoms. The van der Waals surface area contributed by atoms with Crippen LogP contribution in [0.2, 0.25) is 0 Å². The fourth-order valence-electron chi connectivity index (χ4n) is 1.05. The molecule has 5 nitrogen and oxygen atoms in total. The van der Waals surface area contributed by atoms with Gasteiger partial charge in [-0.25, -0.2) is 4.39 Å². The Kier molecular flexibility index (Phi) is 3.68. The van der Waals surface area contributed by atoms with E-state index < -0.39 is 17.3 Å². The van der Waals surface area contributed by atoms with Crippen LogP contribution in [0.4, 0.5) is 4.39 Å². The summed E-state index contributed by atoms with van der Waals surface area (Å²) in [5.41, 5.74) is -1.06. The van der Waals surface area contributed by atoms with Gasteiger partial charge in [-0.2, -0.15) is 5.26 Å². The van der Waals surface area contributed by atoms with Gasteiger partial charge in [0.05, 0.1) is 16.3 Å². The van der Waals surface area contributed by atoms with Crippen molar-refractivity contribution in [1.82, 2.24) is 4.98 Å². The molecule has 0 atom stereocenters. The molecule has 0 aliphatic rings. The van der Waals surface area contributed by atoms with Gasteiger partial charge in [0.25, 0.3) is 5.56 Å². The zero-order valence-corrected chi connectivity index (χ0v) is 9.02. The number of aromatic nitrogens is 1. The molecule has 2 N–H and O–H groups in total. The summed E-state index contributed by atoms with van der Waals surface area (Å²) in [7, 11) is 0. The van der Waals surface area contributed by atoms with Crippen LogP contribution in [-0.4, -0.2) is 21.8 Å². The third-order valence-corrected chi connectivity index (χ3v) is 2.80. The first-order valence-electron chi connectivity index (χ1n) is 4.14. The first kappa shape index (κ1) is 12.3. The van der Waals surface area contributed by atoms with Crippen molar-refractivity contribution >= 4 is 17.7 Å². The second-order valence-corrected chi connectivity index (χ2v) is 3.88. The Hall–Kier alpha value is -1.81. The highest BCUT2D eigenvalue weighted by Gasteiger charge is 2.15. The lowest BCUT2D eigenvalue weighted by molar-refractivity contribution is -0.133. The number of halogens is 1. The zero-order valence-electron chi connectivity index (χ0n) is 8.20. The molecular weight excluding hydrogens is 235 g/mol. The fourth-order valence-corrected chi connectivity index (χ4v) is 1.82. The first-order chi connectivity index (χ1) is 7.47. The largest absolute Gasteiger partial charge is 0.481 e. The number of pyridine rings is 1. The molecule has 84 valence electrons. The Bertz CT molecular complexity index is 533. The predicted molar refractivity (Wildman–Crippen MR) is 54.8 cm³/mol. The van der Waals surface area contributed by atoms with Gasteiger partial charge in [0, 0.05) is 5.56 Å². The van der Waals surface area contributed by atoms with E-state index in [9.17, 15) is 14.0 Å². The van der Waals surface area contributed by atoms with Crippen LogP contribution in [-0.2, 0) is 4.79 Å². The van der Waals surface area contributed by atoms with Crippen LogP contribution in [0.25, 0.3) is 0 Å². The topological polar surface area (TPSA) is 93.9 Å². The molecule has 1 aromatic rings. The molecule has 0 bridgehead atoms. The number of carbonyl (C=O) groups is 1. The number of carboxylic acids is 1. The van der Waals surface area contributed by atoms with Gasteiger partial charge >= 0.3 is 5.97 Å². The van der Waals surface area contributed by atoms with E-state index in [1.807, 2.05) is 0 Å². The number of rotatable bonds is 3. The summed E-state index contributed by atoms with van der Waals surface area (Å²) in [6.45, 7) is 1.30. The van der Waals surface area contributed by atoms with E-state index in [0.29, 0.717) is 0 Å². The van der Waals surface area contributed by atoms with Crippen LogP contribution in [0.15, 0.2) is 9.82 Å². The van der Waals surface area contributed by atoms with E-state index in [4.69, 9.17) is 10.4 Å². The van der Waals surface area contributed by atoms with Gasteiger partial charge in [0.15, 0.2) is 5.82 Å². The maximum absolute atomic E-state index is 13.1. The summed E-state index contributed by atoms with van der Waals surface area (Å²) >= 11 is 0.772. The van der Waals surface area contributed by atoms with Crippen molar-refractivity contribution in [3.63, 3.8) is 0 Å². The first-order valence-corrected chi connectivity index (χ1v) is 5.13. The maximum atomic E-state index is 13.1. The van der Waals surface area contributed by atoms with Gasteiger partial charge in [-0.3, -0.25) is 9.59 Å². The summed E-state index contributed by atoms with van der Waals surface area (Å²) < 4.78 is 13.1. The van der Waals surface area contributed by atoms with Crippen molar-refractivity contribution in [3.05, 3.63) is 27.3 Å². The molecule has 0 saturated heterocycles. The van der Waals surface area contributed by atoms with Crippen molar-refractivity contribution < 1.29 is 14.3 Å². The highest BCUT2D eigenvalue weighted by molar-refractivity contribution is 7.99. The molecule has 0 radical (unpaired) electrons. The molecule has 0 amide bonds. The Morgan fingerprint density at radius 3 is 2.81 bits per heavy atom. The number of aliphatic carboxylic acids is 1. The van der Waals surface area contributed by atoms with Crippen LogP contribution < -0.4 is 5.56 Å². The monoisotopic (exact) mass is 242 g/mol. The minimum atomic E-state index is -1.09. The number of nitrogens with one attached hydrogen (secondary N) is 1. The molecule has 0 aromatic carbocycles. The van der Waals surface area contributed by atoms with E-state index >= 15 is 0 Å². The molecule has 0 spiro atoms. The molecule has 0 aliphatic heterocycles. The summed E-state index contributed by atoms with van der Waals surface area (Å²) in [5.74, 6) is -2.41. The van der Waals surface area contributed by atoms with Crippen molar-refractivity contribution in [3.8, 4) is 6.07 Å². The summed E-state index contributed by atoms with van der Waals surface area (Å²) in [6, 6.07) is 1.73. The van der Waals surface area contributed by atoms with E-state index in [2.05, 4.69) is 4.98 Å². The molecule has 0 aliphatic carbocycles. The van der Waals surface area contributed by atoms with Gasteiger partial charge in [0.2, 0.25) is 0 Å². The lowest BCUT2D eigenvalue weighted by Crippen LogP contribution is -2.16. The van der Waals surface area contributed by atoms with Gasteiger partial charge in [-0.05, 0) is 6.92 Å². The summed E-state index contributed by atoms with van der Waals surface area (Å²) in [5, 5.41) is 17.3. The Morgan fingerprint density at radius 2 is 2.31 bits per heavy atom. The third kappa shape index (κ3) is 2.41. The highest BCUT2D eigenvalue weighted by atomic mass is 32.2. The molecule has 1 rings (SSSR count). The zero-order chi connectivity index (χ0) is 12.3. The van der Waals surface area contributed by atoms with E-state index in [1.54, 1.807) is 6.07 Å². The van der Waals surface area contributed by atoms with E-state index in [-0.39, 0.29) is 21.9 Å². The van der Waals surface area contributed by atoms with Gasteiger partial charge in [0.1, 0.15) is 6.07 Å². The Morgan fingerprint density at radius 1 is 1.69 bits per heavy atom. The average molecular weight is 242 g/mol. The fraction of sp³-hybridized carbons (Fsp3) is 0.222. The van der Waals surface area contributed by atoms with E-state index in [1.165, 1.54) is 6.92 Å². The van der Waals surface area contributed by atoms with E-state index in [0.717, 1.165) is 11.8 Å². The normalized spacial score (nSPS) is 9.81. The number of hydrogen-bond acceptors (Lipinski definition) is 4. The number of aromatic amines is 1. The second-order valence-electron chi connectivity index (χ2n) is 2.89. The predicted octanol–water partition coefficient (Wildman–Crippen LogP) is 0.871. The SMILES string of the molecule is Cc1c(C#N)c(SCC(=O)O)[nH]c(=O)c1F. The highest BCUT2D eigenvalue weighted by Crippen LogP contribution is 2.21. The van der Waals surface area contributed by atoms with Crippen LogP contribution in [0.5, 0.6) is 0 Å². The molecule has 1 aromatic heterocycles. The van der Waals surface area contributed by atoms with Crippen LogP contribution in [0, 0.1) is 24.1 Å². The smallest absolute Gasteiger partial charge is 0.313 e. The summed E-state index contributed by atoms with van der Waals surface area (Å²) in [4.78, 5) is 23.5. The minimum absolute atomic E-state index is 0.0386. The minimum Gasteiger partial charge on any atom is -0.481 e. The van der Waals surface area contributed by atoms with Crippen LogP contribution in [0.3, 0.4) is 0 Å². The number of nitrogens with zero attached hydrogens (tertiary/aromatic N) is 1. The van der Waals surface area contributed by atoms with Crippen LogP contribution in [0.1, 0.15) is 11.1 Å². The molecule has 0 unspecified atom stereocenters. The quantitative estimate of drug-likeness (QED) is 0.767. The number of thioether (sulfide) groups is 1.